The Morgan fingerprint density at radius 1 is 1.33 bits per heavy atom. The van der Waals surface area contributed by atoms with E-state index in [0.29, 0.717) is 16.8 Å². The van der Waals surface area contributed by atoms with Crippen LogP contribution in [0.4, 0.5) is 5.95 Å². The van der Waals surface area contributed by atoms with Crippen molar-refractivity contribution in [1.29, 1.82) is 0 Å². The highest BCUT2D eigenvalue weighted by Gasteiger charge is 2.10. The van der Waals surface area contributed by atoms with Gasteiger partial charge in [0, 0.05) is 25.4 Å². The van der Waals surface area contributed by atoms with E-state index in [-0.39, 0.29) is 0 Å². The van der Waals surface area contributed by atoms with Crippen molar-refractivity contribution in [3.63, 3.8) is 0 Å². The third-order valence-electron chi connectivity index (χ3n) is 2.52. The van der Waals surface area contributed by atoms with E-state index in [1.807, 2.05) is 17.7 Å². The Morgan fingerprint density at radius 2 is 2.17 bits per heavy atom. The molecular weight excluding hydrogens is 250 g/mol. The van der Waals surface area contributed by atoms with E-state index in [9.17, 15) is 0 Å². The SMILES string of the molecule is CCCNc1ncc(Cl)c(-n2ccnc2CC)n1. The van der Waals surface area contributed by atoms with Gasteiger partial charge in [0.25, 0.3) is 0 Å². The molecule has 0 amide bonds. The fourth-order valence-corrected chi connectivity index (χ4v) is 1.82. The van der Waals surface area contributed by atoms with Gasteiger partial charge in [0.15, 0.2) is 5.82 Å². The van der Waals surface area contributed by atoms with Crippen molar-refractivity contribution in [2.45, 2.75) is 26.7 Å². The third kappa shape index (κ3) is 2.61. The van der Waals surface area contributed by atoms with Crippen LogP contribution in [0.15, 0.2) is 18.6 Å². The van der Waals surface area contributed by atoms with Gasteiger partial charge in [-0.3, -0.25) is 4.57 Å². The summed E-state index contributed by atoms with van der Waals surface area (Å²) in [6.45, 7) is 4.98. The normalized spacial score (nSPS) is 10.6. The molecule has 1 N–H and O–H groups in total. The number of hydrogen-bond acceptors (Lipinski definition) is 4. The van der Waals surface area contributed by atoms with Gasteiger partial charge in [-0.25, -0.2) is 9.97 Å². The first kappa shape index (κ1) is 12.8. The molecule has 0 spiro atoms. The summed E-state index contributed by atoms with van der Waals surface area (Å²) in [6, 6.07) is 0. The molecule has 0 aliphatic carbocycles. The monoisotopic (exact) mass is 265 g/mol. The van der Waals surface area contributed by atoms with Crippen molar-refractivity contribution in [2.75, 3.05) is 11.9 Å². The number of aromatic nitrogens is 4. The summed E-state index contributed by atoms with van der Waals surface area (Å²) >= 11 is 6.15. The van der Waals surface area contributed by atoms with Crippen molar-refractivity contribution in [2.24, 2.45) is 0 Å². The van der Waals surface area contributed by atoms with Crippen molar-refractivity contribution >= 4 is 17.5 Å². The second-order valence-corrected chi connectivity index (χ2v) is 4.27. The number of rotatable bonds is 5. The fourth-order valence-electron chi connectivity index (χ4n) is 1.64. The molecule has 5 nitrogen and oxygen atoms in total. The molecule has 0 aliphatic heterocycles. The molecule has 0 radical (unpaired) electrons. The summed E-state index contributed by atoms with van der Waals surface area (Å²) in [7, 11) is 0. The first-order chi connectivity index (χ1) is 8.76. The maximum atomic E-state index is 6.15. The molecule has 0 fully saturated rings. The number of halogens is 1. The van der Waals surface area contributed by atoms with Gasteiger partial charge in [-0.1, -0.05) is 25.4 Å². The van der Waals surface area contributed by atoms with Crippen LogP contribution in [0.1, 0.15) is 26.1 Å². The van der Waals surface area contributed by atoms with Gasteiger partial charge in [-0.2, -0.15) is 4.98 Å². The summed E-state index contributed by atoms with van der Waals surface area (Å²) in [5.41, 5.74) is 0. The highest BCUT2D eigenvalue weighted by Crippen LogP contribution is 2.20. The predicted molar refractivity (Wildman–Crippen MR) is 72.3 cm³/mol. The standard InChI is InChI=1S/C12H16ClN5/c1-3-5-15-12-16-8-9(13)11(17-12)18-7-6-14-10(18)4-2/h6-8H,3-5H2,1-2H3,(H,15,16,17). The Kier molecular flexibility index (Phi) is 4.15. The molecule has 0 unspecified atom stereocenters. The summed E-state index contributed by atoms with van der Waals surface area (Å²) in [6.07, 6.45) is 7.06. The van der Waals surface area contributed by atoms with Gasteiger partial charge in [0.05, 0.1) is 6.20 Å². The lowest BCUT2D eigenvalue weighted by Crippen LogP contribution is -2.08. The number of imidazole rings is 1. The molecule has 2 aromatic rings. The zero-order chi connectivity index (χ0) is 13.0. The minimum Gasteiger partial charge on any atom is -0.354 e. The Balaban J connectivity index is 2.37. The van der Waals surface area contributed by atoms with Crippen molar-refractivity contribution in [3.05, 3.63) is 29.4 Å². The Hall–Kier alpha value is -1.62. The Bertz CT molecular complexity index is 523. The lowest BCUT2D eigenvalue weighted by Gasteiger charge is -2.09. The highest BCUT2D eigenvalue weighted by atomic mass is 35.5. The lowest BCUT2D eigenvalue weighted by atomic mass is 10.4. The van der Waals surface area contributed by atoms with Gasteiger partial charge in [-0.15, -0.1) is 0 Å². The average Bonchev–Trinajstić information content (AvgIpc) is 2.86. The van der Waals surface area contributed by atoms with E-state index in [0.717, 1.165) is 25.2 Å². The van der Waals surface area contributed by atoms with Gasteiger partial charge in [-0.05, 0) is 6.42 Å². The highest BCUT2D eigenvalue weighted by molar-refractivity contribution is 6.32. The summed E-state index contributed by atoms with van der Waals surface area (Å²) in [5.74, 6) is 2.18. The maximum absolute atomic E-state index is 6.15. The molecule has 0 aromatic carbocycles. The van der Waals surface area contributed by atoms with Crippen molar-refractivity contribution in [3.8, 4) is 5.82 Å². The Morgan fingerprint density at radius 3 is 2.89 bits per heavy atom. The van der Waals surface area contributed by atoms with Gasteiger partial charge < -0.3 is 5.32 Å². The number of nitrogens with one attached hydrogen (secondary N) is 1. The van der Waals surface area contributed by atoms with Gasteiger partial charge in [0.1, 0.15) is 10.8 Å². The summed E-state index contributed by atoms with van der Waals surface area (Å²) in [4.78, 5) is 12.9. The molecule has 2 aromatic heterocycles. The van der Waals surface area contributed by atoms with E-state index in [1.165, 1.54) is 0 Å². The fraction of sp³-hybridized carbons (Fsp3) is 0.417. The zero-order valence-corrected chi connectivity index (χ0v) is 11.3. The summed E-state index contributed by atoms with van der Waals surface area (Å²) in [5, 5.41) is 3.67. The number of hydrogen-bond donors (Lipinski definition) is 1. The van der Waals surface area contributed by atoms with Crippen molar-refractivity contribution in [1.82, 2.24) is 19.5 Å². The molecule has 6 heteroatoms. The smallest absolute Gasteiger partial charge is 0.224 e. The number of anilines is 1. The lowest BCUT2D eigenvalue weighted by molar-refractivity contribution is 0.858. The molecule has 2 heterocycles. The van der Waals surface area contributed by atoms with E-state index in [1.54, 1.807) is 12.4 Å². The average molecular weight is 266 g/mol. The Labute approximate surface area is 111 Å². The van der Waals surface area contributed by atoms with Crippen LogP contribution in [0.2, 0.25) is 5.02 Å². The van der Waals surface area contributed by atoms with Crippen LogP contribution in [-0.4, -0.2) is 26.1 Å². The van der Waals surface area contributed by atoms with E-state index in [2.05, 4.69) is 27.2 Å². The second-order valence-electron chi connectivity index (χ2n) is 3.86. The minimum absolute atomic E-state index is 0.518. The molecule has 0 atom stereocenters. The van der Waals surface area contributed by atoms with Crippen LogP contribution >= 0.6 is 11.6 Å². The molecule has 0 saturated heterocycles. The molecule has 96 valence electrons. The van der Waals surface area contributed by atoms with Crippen LogP contribution in [-0.2, 0) is 6.42 Å². The van der Waals surface area contributed by atoms with E-state index < -0.39 is 0 Å². The molecule has 0 aliphatic rings. The molecular formula is C12H16ClN5. The van der Waals surface area contributed by atoms with Crippen LogP contribution in [0.3, 0.4) is 0 Å². The molecule has 18 heavy (non-hydrogen) atoms. The van der Waals surface area contributed by atoms with E-state index in [4.69, 9.17) is 11.6 Å². The number of nitrogens with zero attached hydrogens (tertiary/aromatic N) is 4. The minimum atomic E-state index is 0.518. The third-order valence-corrected chi connectivity index (χ3v) is 2.79. The van der Waals surface area contributed by atoms with Gasteiger partial charge >= 0.3 is 0 Å². The predicted octanol–water partition coefficient (Wildman–Crippen LogP) is 2.70. The van der Waals surface area contributed by atoms with Gasteiger partial charge in [0.2, 0.25) is 5.95 Å². The molecule has 0 bridgehead atoms. The zero-order valence-electron chi connectivity index (χ0n) is 10.5. The van der Waals surface area contributed by atoms with Crippen LogP contribution < -0.4 is 5.32 Å². The van der Waals surface area contributed by atoms with Crippen LogP contribution in [0.5, 0.6) is 0 Å². The molecule has 2 rings (SSSR count). The summed E-state index contributed by atoms with van der Waals surface area (Å²) < 4.78 is 1.89. The molecule has 0 saturated carbocycles. The maximum Gasteiger partial charge on any atom is 0.224 e. The second kappa shape index (κ2) is 5.82. The van der Waals surface area contributed by atoms with Crippen LogP contribution in [0.25, 0.3) is 5.82 Å². The van der Waals surface area contributed by atoms with Crippen molar-refractivity contribution < 1.29 is 0 Å². The first-order valence-electron chi connectivity index (χ1n) is 6.05. The largest absolute Gasteiger partial charge is 0.354 e. The quantitative estimate of drug-likeness (QED) is 0.903. The first-order valence-corrected chi connectivity index (χ1v) is 6.43. The van der Waals surface area contributed by atoms with E-state index >= 15 is 0 Å². The number of aryl methyl sites for hydroxylation is 1. The topological polar surface area (TPSA) is 55.6 Å². The van der Waals surface area contributed by atoms with Crippen LogP contribution in [0, 0.1) is 0 Å².